The third-order valence-electron chi connectivity index (χ3n) is 3.79. The van der Waals surface area contributed by atoms with Gasteiger partial charge in [0.05, 0.1) is 0 Å². The Morgan fingerprint density at radius 1 is 1.44 bits per heavy atom. The van der Waals surface area contributed by atoms with Gasteiger partial charge in [-0.05, 0) is 56.3 Å². The zero-order valence-corrected chi connectivity index (χ0v) is 10.9. The topological polar surface area (TPSA) is 12.0 Å². The predicted octanol–water partition coefficient (Wildman–Crippen LogP) is 3.72. The van der Waals surface area contributed by atoms with Crippen molar-refractivity contribution in [1.29, 1.82) is 0 Å². The van der Waals surface area contributed by atoms with Crippen molar-refractivity contribution < 1.29 is 0 Å². The molecule has 1 fully saturated rings. The standard InChI is InChI=1S/C14H20ClN/c1-3-14(7-4-8-16-14)10-12-6-5-11(2)13(15)9-12/h5-6,9,16H,3-4,7-8,10H2,1-2H3. The van der Waals surface area contributed by atoms with Crippen LogP contribution in [0.4, 0.5) is 0 Å². The molecular weight excluding hydrogens is 218 g/mol. The van der Waals surface area contributed by atoms with Crippen LogP contribution in [0.5, 0.6) is 0 Å². The maximum Gasteiger partial charge on any atom is 0.0437 e. The zero-order valence-electron chi connectivity index (χ0n) is 10.1. The Bertz CT molecular complexity index is 367. The predicted molar refractivity (Wildman–Crippen MR) is 70.2 cm³/mol. The summed E-state index contributed by atoms with van der Waals surface area (Å²) in [5, 5.41) is 4.55. The Morgan fingerprint density at radius 3 is 2.81 bits per heavy atom. The molecule has 1 atom stereocenters. The summed E-state index contributed by atoms with van der Waals surface area (Å²) in [5.74, 6) is 0. The van der Waals surface area contributed by atoms with Crippen molar-refractivity contribution in [2.75, 3.05) is 6.54 Å². The molecule has 0 amide bonds. The molecule has 0 bridgehead atoms. The first-order valence-corrected chi connectivity index (χ1v) is 6.53. The molecule has 88 valence electrons. The van der Waals surface area contributed by atoms with Crippen LogP contribution in [0.1, 0.15) is 37.3 Å². The number of nitrogens with one attached hydrogen (secondary N) is 1. The number of rotatable bonds is 3. The summed E-state index contributed by atoms with van der Waals surface area (Å²) in [7, 11) is 0. The molecule has 1 aliphatic rings. The molecule has 0 saturated carbocycles. The summed E-state index contributed by atoms with van der Waals surface area (Å²) < 4.78 is 0. The molecule has 1 aliphatic heterocycles. The summed E-state index contributed by atoms with van der Waals surface area (Å²) in [5.41, 5.74) is 2.83. The van der Waals surface area contributed by atoms with Crippen molar-refractivity contribution in [1.82, 2.24) is 5.32 Å². The molecule has 0 radical (unpaired) electrons. The number of hydrogen-bond donors (Lipinski definition) is 1. The highest BCUT2D eigenvalue weighted by Gasteiger charge is 2.31. The van der Waals surface area contributed by atoms with Crippen LogP contribution in [0.3, 0.4) is 0 Å². The third-order valence-corrected chi connectivity index (χ3v) is 4.19. The van der Waals surface area contributed by atoms with E-state index in [9.17, 15) is 0 Å². The first-order chi connectivity index (χ1) is 7.65. The Hall–Kier alpha value is -0.530. The van der Waals surface area contributed by atoms with Gasteiger partial charge < -0.3 is 5.32 Å². The molecule has 0 spiro atoms. The van der Waals surface area contributed by atoms with Gasteiger partial charge in [0.15, 0.2) is 0 Å². The van der Waals surface area contributed by atoms with Gasteiger partial charge in [0.1, 0.15) is 0 Å². The van der Waals surface area contributed by atoms with Gasteiger partial charge in [0.25, 0.3) is 0 Å². The Kier molecular flexibility index (Phi) is 3.56. The number of halogens is 1. The highest BCUT2D eigenvalue weighted by molar-refractivity contribution is 6.31. The van der Waals surface area contributed by atoms with Gasteiger partial charge in [0.2, 0.25) is 0 Å². The van der Waals surface area contributed by atoms with E-state index in [2.05, 4.69) is 37.4 Å². The highest BCUT2D eigenvalue weighted by Crippen LogP contribution is 2.28. The first-order valence-electron chi connectivity index (χ1n) is 6.15. The third kappa shape index (κ3) is 2.41. The van der Waals surface area contributed by atoms with E-state index in [0.29, 0.717) is 5.54 Å². The summed E-state index contributed by atoms with van der Waals surface area (Å²) in [6.45, 7) is 5.48. The van der Waals surface area contributed by atoms with Gasteiger partial charge >= 0.3 is 0 Å². The number of hydrogen-bond acceptors (Lipinski definition) is 1. The maximum atomic E-state index is 6.17. The molecule has 1 heterocycles. The minimum Gasteiger partial charge on any atom is -0.311 e. The van der Waals surface area contributed by atoms with Crippen LogP contribution in [0.15, 0.2) is 18.2 Å². The number of aryl methyl sites for hydroxylation is 1. The first kappa shape index (κ1) is 11.9. The van der Waals surface area contributed by atoms with Crippen molar-refractivity contribution in [3.63, 3.8) is 0 Å². The molecule has 2 heteroatoms. The van der Waals surface area contributed by atoms with E-state index in [0.717, 1.165) is 23.6 Å². The SMILES string of the molecule is CCC1(Cc2ccc(C)c(Cl)c2)CCCN1. The molecule has 1 aromatic rings. The van der Waals surface area contributed by atoms with Crippen molar-refractivity contribution in [2.24, 2.45) is 0 Å². The zero-order chi connectivity index (χ0) is 11.6. The van der Waals surface area contributed by atoms with E-state index in [1.165, 1.54) is 24.8 Å². The summed E-state index contributed by atoms with van der Waals surface area (Å²) in [6.07, 6.45) is 4.88. The van der Waals surface area contributed by atoms with Gasteiger partial charge in [0, 0.05) is 10.6 Å². The molecule has 1 aromatic carbocycles. The van der Waals surface area contributed by atoms with E-state index in [4.69, 9.17) is 11.6 Å². The molecule has 0 aliphatic carbocycles. The minimum absolute atomic E-state index is 0.318. The Balaban J connectivity index is 2.16. The largest absolute Gasteiger partial charge is 0.311 e. The summed E-state index contributed by atoms with van der Waals surface area (Å²) in [6, 6.07) is 6.45. The quantitative estimate of drug-likeness (QED) is 0.845. The van der Waals surface area contributed by atoms with Crippen LogP contribution in [0.2, 0.25) is 5.02 Å². The second kappa shape index (κ2) is 4.77. The Morgan fingerprint density at radius 2 is 2.25 bits per heavy atom. The second-order valence-electron chi connectivity index (χ2n) is 4.92. The van der Waals surface area contributed by atoms with Gasteiger partial charge in [-0.3, -0.25) is 0 Å². The minimum atomic E-state index is 0.318. The van der Waals surface area contributed by atoms with Gasteiger partial charge in [-0.2, -0.15) is 0 Å². The molecule has 0 aromatic heterocycles. The van der Waals surface area contributed by atoms with Crippen molar-refractivity contribution >= 4 is 11.6 Å². The van der Waals surface area contributed by atoms with Crippen LogP contribution >= 0.6 is 11.6 Å². The second-order valence-corrected chi connectivity index (χ2v) is 5.33. The lowest BCUT2D eigenvalue weighted by atomic mass is 9.87. The smallest absolute Gasteiger partial charge is 0.0437 e. The van der Waals surface area contributed by atoms with Crippen LogP contribution in [0.25, 0.3) is 0 Å². The molecular formula is C14H20ClN. The lowest BCUT2D eigenvalue weighted by Crippen LogP contribution is -2.41. The highest BCUT2D eigenvalue weighted by atomic mass is 35.5. The van der Waals surface area contributed by atoms with Gasteiger partial charge in [-0.1, -0.05) is 30.7 Å². The molecule has 1 nitrogen and oxygen atoms in total. The molecule has 2 rings (SSSR count). The lowest BCUT2D eigenvalue weighted by Gasteiger charge is -2.28. The van der Waals surface area contributed by atoms with E-state index in [-0.39, 0.29) is 0 Å². The summed E-state index contributed by atoms with van der Waals surface area (Å²) in [4.78, 5) is 0. The molecule has 1 unspecified atom stereocenters. The number of benzene rings is 1. The van der Waals surface area contributed by atoms with Crippen molar-refractivity contribution in [3.8, 4) is 0 Å². The van der Waals surface area contributed by atoms with Crippen LogP contribution in [-0.2, 0) is 6.42 Å². The fourth-order valence-corrected chi connectivity index (χ4v) is 2.79. The molecule has 16 heavy (non-hydrogen) atoms. The molecule has 1 N–H and O–H groups in total. The van der Waals surface area contributed by atoms with E-state index < -0.39 is 0 Å². The van der Waals surface area contributed by atoms with Gasteiger partial charge in [-0.25, -0.2) is 0 Å². The van der Waals surface area contributed by atoms with E-state index >= 15 is 0 Å². The van der Waals surface area contributed by atoms with E-state index in [1.54, 1.807) is 0 Å². The average molecular weight is 238 g/mol. The fraction of sp³-hybridized carbons (Fsp3) is 0.571. The lowest BCUT2D eigenvalue weighted by molar-refractivity contribution is 0.360. The monoisotopic (exact) mass is 237 g/mol. The fourth-order valence-electron chi connectivity index (χ4n) is 2.58. The van der Waals surface area contributed by atoms with Crippen molar-refractivity contribution in [2.45, 2.75) is 45.1 Å². The summed E-state index contributed by atoms with van der Waals surface area (Å²) >= 11 is 6.17. The maximum absolute atomic E-state index is 6.17. The van der Waals surface area contributed by atoms with Gasteiger partial charge in [-0.15, -0.1) is 0 Å². The van der Waals surface area contributed by atoms with Crippen molar-refractivity contribution in [3.05, 3.63) is 34.3 Å². The normalized spacial score (nSPS) is 24.9. The van der Waals surface area contributed by atoms with E-state index in [1.807, 2.05) is 0 Å². The van der Waals surface area contributed by atoms with Crippen LogP contribution < -0.4 is 5.32 Å². The van der Waals surface area contributed by atoms with Crippen LogP contribution in [-0.4, -0.2) is 12.1 Å². The molecule has 1 saturated heterocycles. The average Bonchev–Trinajstić information content (AvgIpc) is 2.73. The Labute approximate surface area is 103 Å². The van der Waals surface area contributed by atoms with Crippen LogP contribution in [0, 0.1) is 6.92 Å².